The Balaban J connectivity index is 2.25. The quantitative estimate of drug-likeness (QED) is 0.754. The van der Waals surface area contributed by atoms with Crippen LogP contribution in [0, 0.1) is 0 Å². The number of aromatic nitrogens is 1. The van der Waals surface area contributed by atoms with Crippen molar-refractivity contribution in [2.45, 2.75) is 0 Å². The van der Waals surface area contributed by atoms with Gasteiger partial charge in [-0.1, -0.05) is 11.6 Å². The van der Waals surface area contributed by atoms with Crippen LogP contribution in [0.25, 0.3) is 0 Å². The van der Waals surface area contributed by atoms with Crippen molar-refractivity contribution >= 4 is 29.2 Å². The van der Waals surface area contributed by atoms with Crippen molar-refractivity contribution in [3.05, 3.63) is 52.8 Å². The van der Waals surface area contributed by atoms with Gasteiger partial charge in [0.1, 0.15) is 11.4 Å². The van der Waals surface area contributed by atoms with E-state index >= 15 is 0 Å². The number of pyridine rings is 1. The zero-order chi connectivity index (χ0) is 14.7. The van der Waals surface area contributed by atoms with Crippen LogP contribution in [0.15, 0.2) is 36.5 Å². The number of aromatic hydroxyl groups is 1. The Kier molecular flexibility index (Phi) is 3.86. The number of carboxylic acids is 1. The van der Waals surface area contributed by atoms with Gasteiger partial charge in [-0.2, -0.15) is 0 Å². The van der Waals surface area contributed by atoms with E-state index < -0.39 is 11.9 Å². The van der Waals surface area contributed by atoms with Gasteiger partial charge in [-0.3, -0.25) is 4.79 Å². The van der Waals surface area contributed by atoms with E-state index in [2.05, 4.69) is 10.3 Å². The highest BCUT2D eigenvalue weighted by molar-refractivity contribution is 6.30. The minimum atomic E-state index is -1.16. The zero-order valence-electron chi connectivity index (χ0n) is 10.0. The van der Waals surface area contributed by atoms with Crippen molar-refractivity contribution in [3.8, 4) is 5.75 Å². The number of aromatic carboxylic acids is 1. The molecule has 0 fully saturated rings. The third kappa shape index (κ3) is 3.04. The molecule has 1 heterocycles. The molecule has 0 bridgehead atoms. The number of nitrogens with one attached hydrogen (secondary N) is 1. The minimum Gasteiger partial charge on any atom is -0.506 e. The summed E-state index contributed by atoms with van der Waals surface area (Å²) in [6.07, 6.45) is 1.31. The van der Waals surface area contributed by atoms with Crippen molar-refractivity contribution in [3.63, 3.8) is 0 Å². The smallest absolute Gasteiger partial charge is 0.335 e. The molecule has 0 saturated carbocycles. The van der Waals surface area contributed by atoms with Crippen LogP contribution in [-0.2, 0) is 0 Å². The van der Waals surface area contributed by atoms with Crippen molar-refractivity contribution in [2.24, 2.45) is 0 Å². The van der Waals surface area contributed by atoms with Gasteiger partial charge >= 0.3 is 5.97 Å². The maximum atomic E-state index is 11.9. The minimum absolute atomic E-state index is 0.00773. The van der Waals surface area contributed by atoms with Gasteiger partial charge in [-0.05, 0) is 30.3 Å². The van der Waals surface area contributed by atoms with Crippen molar-refractivity contribution in [1.82, 2.24) is 4.98 Å². The fourth-order valence-electron chi connectivity index (χ4n) is 1.47. The maximum Gasteiger partial charge on any atom is 0.335 e. The van der Waals surface area contributed by atoms with Crippen LogP contribution in [0.5, 0.6) is 5.75 Å². The lowest BCUT2D eigenvalue weighted by molar-refractivity contribution is 0.0696. The largest absolute Gasteiger partial charge is 0.506 e. The van der Waals surface area contributed by atoms with Crippen LogP contribution in [0.3, 0.4) is 0 Å². The molecule has 0 radical (unpaired) electrons. The third-order valence-corrected chi connectivity index (χ3v) is 2.68. The fourth-order valence-corrected chi connectivity index (χ4v) is 1.58. The molecule has 3 N–H and O–H groups in total. The number of nitrogens with zero attached hydrogens (tertiary/aromatic N) is 1. The van der Waals surface area contributed by atoms with Crippen molar-refractivity contribution in [1.29, 1.82) is 0 Å². The number of carbonyl (C=O) groups is 2. The van der Waals surface area contributed by atoms with E-state index in [9.17, 15) is 14.7 Å². The topological polar surface area (TPSA) is 99.5 Å². The molecule has 0 saturated heterocycles. The molecule has 6 nitrogen and oxygen atoms in total. The summed E-state index contributed by atoms with van der Waals surface area (Å²) in [5.74, 6) is -1.98. The van der Waals surface area contributed by atoms with E-state index in [1.54, 1.807) is 0 Å². The molecule has 102 valence electrons. The van der Waals surface area contributed by atoms with Gasteiger partial charge < -0.3 is 15.5 Å². The summed E-state index contributed by atoms with van der Waals surface area (Å²) in [5, 5.41) is 21.2. The molecule has 1 aromatic heterocycles. The van der Waals surface area contributed by atoms with E-state index in [1.165, 1.54) is 30.5 Å². The first-order chi connectivity index (χ1) is 9.47. The Morgan fingerprint density at radius 2 is 1.95 bits per heavy atom. The van der Waals surface area contributed by atoms with Gasteiger partial charge in [0.25, 0.3) is 5.91 Å². The molecule has 1 aromatic carbocycles. The lowest BCUT2D eigenvalue weighted by atomic mass is 10.2. The molecule has 2 rings (SSSR count). The van der Waals surface area contributed by atoms with E-state index in [1.807, 2.05) is 0 Å². The number of benzene rings is 1. The molecule has 0 aliphatic carbocycles. The van der Waals surface area contributed by atoms with Crippen LogP contribution >= 0.6 is 11.6 Å². The van der Waals surface area contributed by atoms with Gasteiger partial charge in [0, 0.05) is 6.20 Å². The molecule has 20 heavy (non-hydrogen) atoms. The average Bonchev–Trinajstić information content (AvgIpc) is 2.41. The SMILES string of the molecule is O=C(O)c1ccc(O)c(NC(=O)c2ccc(Cl)cn2)c1. The highest BCUT2D eigenvalue weighted by Gasteiger charge is 2.12. The lowest BCUT2D eigenvalue weighted by Crippen LogP contribution is -2.14. The van der Waals surface area contributed by atoms with Gasteiger partial charge in [-0.25, -0.2) is 9.78 Å². The zero-order valence-corrected chi connectivity index (χ0v) is 10.8. The number of halogens is 1. The molecule has 0 aliphatic rings. The van der Waals surface area contributed by atoms with E-state index in [0.29, 0.717) is 5.02 Å². The van der Waals surface area contributed by atoms with Crippen molar-refractivity contribution in [2.75, 3.05) is 5.32 Å². The monoisotopic (exact) mass is 292 g/mol. The second-order valence-corrected chi connectivity index (χ2v) is 4.29. The Bertz CT molecular complexity index is 671. The Morgan fingerprint density at radius 1 is 1.20 bits per heavy atom. The summed E-state index contributed by atoms with van der Waals surface area (Å²) in [6.45, 7) is 0. The molecular weight excluding hydrogens is 284 g/mol. The molecule has 2 aromatic rings. The summed E-state index contributed by atoms with van der Waals surface area (Å²) in [6, 6.07) is 6.49. The molecule has 0 aliphatic heterocycles. The highest BCUT2D eigenvalue weighted by atomic mass is 35.5. The van der Waals surface area contributed by atoms with Gasteiger partial charge in [0.05, 0.1) is 16.3 Å². The molecular formula is C13H9ClN2O4. The average molecular weight is 293 g/mol. The number of rotatable bonds is 3. The highest BCUT2D eigenvalue weighted by Crippen LogP contribution is 2.24. The predicted molar refractivity (Wildman–Crippen MR) is 72.3 cm³/mol. The predicted octanol–water partition coefficient (Wildman–Crippen LogP) is 2.39. The molecule has 0 atom stereocenters. The molecule has 7 heteroatoms. The van der Waals surface area contributed by atoms with Gasteiger partial charge in [-0.15, -0.1) is 0 Å². The Morgan fingerprint density at radius 3 is 2.55 bits per heavy atom. The molecule has 0 unspecified atom stereocenters. The number of carbonyl (C=O) groups excluding carboxylic acids is 1. The van der Waals surface area contributed by atoms with E-state index in [-0.39, 0.29) is 22.7 Å². The van der Waals surface area contributed by atoms with Gasteiger partial charge in [0.15, 0.2) is 0 Å². The fraction of sp³-hybridized carbons (Fsp3) is 0. The summed E-state index contributed by atoms with van der Waals surface area (Å²) >= 11 is 5.66. The number of amides is 1. The number of hydrogen-bond donors (Lipinski definition) is 3. The van der Waals surface area contributed by atoms with Crippen LogP contribution < -0.4 is 5.32 Å². The number of phenols is 1. The first kappa shape index (κ1) is 13.8. The van der Waals surface area contributed by atoms with Crippen LogP contribution in [0.4, 0.5) is 5.69 Å². The van der Waals surface area contributed by atoms with E-state index in [0.717, 1.165) is 6.07 Å². The van der Waals surface area contributed by atoms with Crippen LogP contribution in [-0.4, -0.2) is 27.1 Å². The number of anilines is 1. The number of hydrogen-bond acceptors (Lipinski definition) is 4. The molecule has 1 amide bonds. The normalized spacial score (nSPS) is 10.1. The molecule has 0 spiro atoms. The lowest BCUT2D eigenvalue weighted by Gasteiger charge is -2.07. The van der Waals surface area contributed by atoms with E-state index in [4.69, 9.17) is 16.7 Å². The summed E-state index contributed by atoms with van der Waals surface area (Å²) in [4.78, 5) is 26.5. The van der Waals surface area contributed by atoms with Crippen LogP contribution in [0.2, 0.25) is 5.02 Å². The standard InChI is InChI=1S/C13H9ClN2O4/c14-8-2-3-9(15-6-8)12(18)16-10-5-7(13(19)20)1-4-11(10)17/h1-6,17H,(H,16,18)(H,19,20). The Hall–Kier alpha value is -2.60. The summed E-state index contributed by atoms with van der Waals surface area (Å²) in [7, 11) is 0. The summed E-state index contributed by atoms with van der Waals surface area (Å²) in [5.41, 5.74) is 0.0309. The first-order valence-corrected chi connectivity index (χ1v) is 5.84. The first-order valence-electron chi connectivity index (χ1n) is 5.46. The second-order valence-electron chi connectivity index (χ2n) is 3.85. The third-order valence-electron chi connectivity index (χ3n) is 2.45. The number of phenolic OH excluding ortho intramolecular Hbond substituents is 1. The summed E-state index contributed by atoms with van der Waals surface area (Å²) < 4.78 is 0. The Labute approximate surface area is 118 Å². The van der Waals surface area contributed by atoms with Crippen molar-refractivity contribution < 1.29 is 19.8 Å². The maximum absolute atomic E-state index is 11.9. The number of carboxylic acid groups (broad SMARTS) is 1. The van der Waals surface area contributed by atoms with Gasteiger partial charge in [0.2, 0.25) is 0 Å². The van der Waals surface area contributed by atoms with Crippen LogP contribution in [0.1, 0.15) is 20.8 Å². The second kappa shape index (κ2) is 5.58.